The van der Waals surface area contributed by atoms with Crippen molar-refractivity contribution in [1.29, 1.82) is 0 Å². The lowest BCUT2D eigenvalue weighted by Crippen LogP contribution is -2.43. The van der Waals surface area contributed by atoms with E-state index in [1.54, 1.807) is 7.11 Å². The topological polar surface area (TPSA) is 99.1 Å². The molecule has 0 radical (unpaired) electrons. The van der Waals surface area contributed by atoms with E-state index in [9.17, 15) is 0 Å². The third-order valence-electron chi connectivity index (χ3n) is 4.32. The molecule has 1 aromatic rings. The van der Waals surface area contributed by atoms with E-state index in [4.69, 9.17) is 24.5 Å². The highest BCUT2D eigenvalue weighted by Crippen LogP contribution is 2.20. The summed E-state index contributed by atoms with van der Waals surface area (Å²) in [6, 6.07) is 9.43. The Bertz CT molecular complexity index is 527. The van der Waals surface area contributed by atoms with Crippen LogP contribution in [-0.4, -0.2) is 59.8 Å². The summed E-state index contributed by atoms with van der Waals surface area (Å²) in [6.07, 6.45) is 2.52. The first-order valence-electron chi connectivity index (χ1n) is 8.45. The number of carboxylic acid groups (broad SMARTS) is 2. The Balaban J connectivity index is 0.000000450. The normalized spacial score (nSPS) is 16.4. The van der Waals surface area contributed by atoms with Crippen LogP contribution in [0.1, 0.15) is 38.3 Å². The quantitative estimate of drug-likeness (QED) is 0.697. The number of piperidine rings is 1. The van der Waals surface area contributed by atoms with Gasteiger partial charge in [-0.1, -0.05) is 19.1 Å². The Morgan fingerprint density at radius 2 is 1.72 bits per heavy atom. The molecule has 0 saturated carbocycles. The monoisotopic (exact) mass is 352 g/mol. The summed E-state index contributed by atoms with van der Waals surface area (Å²) in [5.74, 6) is -2.72. The third-order valence-corrected chi connectivity index (χ3v) is 4.32. The number of ether oxygens (including phenoxy) is 1. The molecule has 0 aromatic heterocycles. The number of carbonyl (C=O) groups is 2. The summed E-state index contributed by atoms with van der Waals surface area (Å²) in [6.45, 7) is 8.12. The van der Waals surface area contributed by atoms with Gasteiger partial charge in [-0.3, -0.25) is 0 Å². The van der Waals surface area contributed by atoms with E-state index < -0.39 is 11.9 Å². The standard InChI is InChI=1S/C16H26N2O.C2H2O4/c1-4-18-11-9-15(10-12-18)17-13(2)14-5-7-16(19-3)8-6-14;3-1(4)2(5)6/h5-8,13,15,17H,4,9-12H2,1-3H3;(H,3,4)(H,5,6). The van der Waals surface area contributed by atoms with Crippen LogP contribution < -0.4 is 10.1 Å². The van der Waals surface area contributed by atoms with Crippen molar-refractivity contribution in [1.82, 2.24) is 10.2 Å². The van der Waals surface area contributed by atoms with Crippen molar-refractivity contribution in [2.75, 3.05) is 26.7 Å². The highest BCUT2D eigenvalue weighted by molar-refractivity contribution is 6.27. The number of likely N-dealkylation sites (tertiary alicyclic amines) is 1. The van der Waals surface area contributed by atoms with Crippen LogP contribution in [-0.2, 0) is 9.59 Å². The Kier molecular flexibility index (Phi) is 8.94. The number of carboxylic acids is 2. The Morgan fingerprint density at radius 3 is 2.12 bits per heavy atom. The zero-order chi connectivity index (χ0) is 18.8. The minimum Gasteiger partial charge on any atom is -0.497 e. The first-order chi connectivity index (χ1) is 11.9. The second-order valence-electron chi connectivity index (χ2n) is 5.98. The van der Waals surface area contributed by atoms with Crippen molar-refractivity contribution in [2.24, 2.45) is 0 Å². The molecular formula is C18H28N2O5. The SMILES string of the molecule is CCN1CCC(NC(C)c2ccc(OC)cc2)CC1.O=C(O)C(=O)O. The van der Waals surface area contributed by atoms with Crippen molar-refractivity contribution in [3.8, 4) is 5.75 Å². The Morgan fingerprint density at radius 1 is 1.20 bits per heavy atom. The summed E-state index contributed by atoms with van der Waals surface area (Å²) in [5, 5.41) is 18.5. The van der Waals surface area contributed by atoms with Gasteiger partial charge in [-0.25, -0.2) is 9.59 Å². The molecular weight excluding hydrogens is 324 g/mol. The van der Waals surface area contributed by atoms with E-state index in [0.717, 1.165) is 5.75 Å². The molecule has 1 unspecified atom stereocenters. The molecule has 1 saturated heterocycles. The zero-order valence-electron chi connectivity index (χ0n) is 15.1. The number of nitrogens with zero attached hydrogens (tertiary/aromatic N) is 1. The molecule has 1 aliphatic heterocycles. The van der Waals surface area contributed by atoms with Crippen molar-refractivity contribution >= 4 is 11.9 Å². The third kappa shape index (κ3) is 7.53. The fourth-order valence-corrected chi connectivity index (χ4v) is 2.76. The molecule has 7 heteroatoms. The van der Waals surface area contributed by atoms with E-state index >= 15 is 0 Å². The molecule has 1 heterocycles. The number of methoxy groups -OCH3 is 1. The zero-order valence-corrected chi connectivity index (χ0v) is 15.1. The van der Waals surface area contributed by atoms with Crippen LogP contribution >= 0.6 is 0 Å². The molecule has 0 amide bonds. The highest BCUT2D eigenvalue weighted by Gasteiger charge is 2.19. The number of hydrogen-bond donors (Lipinski definition) is 3. The second kappa shape index (κ2) is 10.7. The molecule has 25 heavy (non-hydrogen) atoms. The Labute approximate surface area is 148 Å². The lowest BCUT2D eigenvalue weighted by Gasteiger charge is -2.33. The van der Waals surface area contributed by atoms with Gasteiger partial charge in [-0.2, -0.15) is 0 Å². The molecule has 0 bridgehead atoms. The second-order valence-corrected chi connectivity index (χ2v) is 5.98. The minimum absolute atomic E-state index is 0.407. The van der Waals surface area contributed by atoms with Gasteiger partial charge in [0, 0.05) is 12.1 Å². The summed E-state index contributed by atoms with van der Waals surface area (Å²) >= 11 is 0. The fourth-order valence-electron chi connectivity index (χ4n) is 2.76. The van der Waals surface area contributed by atoms with Crippen LogP contribution in [0.2, 0.25) is 0 Å². The number of aliphatic carboxylic acids is 2. The maximum absolute atomic E-state index is 9.10. The van der Waals surface area contributed by atoms with Gasteiger partial charge in [-0.05, 0) is 57.1 Å². The molecule has 1 fully saturated rings. The minimum atomic E-state index is -1.82. The largest absolute Gasteiger partial charge is 0.497 e. The maximum Gasteiger partial charge on any atom is 0.414 e. The van der Waals surface area contributed by atoms with Crippen LogP contribution in [0, 0.1) is 0 Å². The number of rotatable bonds is 5. The first-order valence-corrected chi connectivity index (χ1v) is 8.45. The van der Waals surface area contributed by atoms with Gasteiger partial charge in [0.2, 0.25) is 0 Å². The first kappa shape index (κ1) is 20.9. The molecule has 2 rings (SSSR count). The summed E-state index contributed by atoms with van der Waals surface area (Å²) in [7, 11) is 1.71. The Hall–Kier alpha value is -2.12. The van der Waals surface area contributed by atoms with Crippen molar-refractivity contribution in [2.45, 2.75) is 38.8 Å². The van der Waals surface area contributed by atoms with Gasteiger partial charge in [0.1, 0.15) is 5.75 Å². The predicted octanol–water partition coefficient (Wildman–Crippen LogP) is 1.99. The van der Waals surface area contributed by atoms with Gasteiger partial charge in [-0.15, -0.1) is 0 Å². The van der Waals surface area contributed by atoms with Crippen molar-refractivity contribution in [3.63, 3.8) is 0 Å². The molecule has 0 aliphatic carbocycles. The van der Waals surface area contributed by atoms with Crippen molar-refractivity contribution in [3.05, 3.63) is 29.8 Å². The van der Waals surface area contributed by atoms with Gasteiger partial charge in [0.05, 0.1) is 7.11 Å². The average molecular weight is 352 g/mol. The molecule has 1 aliphatic rings. The van der Waals surface area contributed by atoms with Gasteiger partial charge >= 0.3 is 11.9 Å². The fraction of sp³-hybridized carbons (Fsp3) is 0.556. The van der Waals surface area contributed by atoms with E-state index in [2.05, 4.69) is 36.2 Å². The number of benzene rings is 1. The van der Waals surface area contributed by atoms with E-state index in [1.165, 1.54) is 38.0 Å². The highest BCUT2D eigenvalue weighted by atomic mass is 16.5. The number of nitrogens with one attached hydrogen (secondary N) is 1. The maximum atomic E-state index is 9.10. The molecule has 1 aromatic carbocycles. The van der Waals surface area contributed by atoms with E-state index in [1.807, 2.05) is 12.1 Å². The smallest absolute Gasteiger partial charge is 0.414 e. The molecule has 3 N–H and O–H groups in total. The van der Waals surface area contributed by atoms with Crippen LogP contribution in [0.25, 0.3) is 0 Å². The average Bonchev–Trinajstić information content (AvgIpc) is 2.62. The molecule has 7 nitrogen and oxygen atoms in total. The number of hydrogen-bond acceptors (Lipinski definition) is 5. The summed E-state index contributed by atoms with van der Waals surface area (Å²) < 4.78 is 5.20. The van der Waals surface area contributed by atoms with Crippen LogP contribution in [0.15, 0.2) is 24.3 Å². The van der Waals surface area contributed by atoms with Crippen LogP contribution in [0.4, 0.5) is 0 Å². The van der Waals surface area contributed by atoms with Gasteiger partial charge in [0.25, 0.3) is 0 Å². The van der Waals surface area contributed by atoms with Gasteiger partial charge < -0.3 is 25.2 Å². The molecule has 0 spiro atoms. The molecule has 140 valence electrons. The summed E-state index contributed by atoms with van der Waals surface area (Å²) in [4.78, 5) is 20.7. The lowest BCUT2D eigenvalue weighted by molar-refractivity contribution is -0.159. The van der Waals surface area contributed by atoms with E-state index in [0.29, 0.717) is 12.1 Å². The summed E-state index contributed by atoms with van der Waals surface area (Å²) in [5.41, 5.74) is 1.33. The predicted molar refractivity (Wildman–Crippen MR) is 95.0 cm³/mol. The van der Waals surface area contributed by atoms with Crippen LogP contribution in [0.3, 0.4) is 0 Å². The van der Waals surface area contributed by atoms with Crippen LogP contribution in [0.5, 0.6) is 5.75 Å². The molecule has 1 atom stereocenters. The van der Waals surface area contributed by atoms with Crippen molar-refractivity contribution < 1.29 is 24.5 Å². The lowest BCUT2D eigenvalue weighted by atomic mass is 10.0. The van der Waals surface area contributed by atoms with Gasteiger partial charge in [0.15, 0.2) is 0 Å². The van der Waals surface area contributed by atoms with E-state index in [-0.39, 0.29) is 0 Å².